The van der Waals surface area contributed by atoms with Crippen molar-refractivity contribution in [2.75, 3.05) is 0 Å². The molecule has 4 heteroatoms. The zero-order valence-corrected chi connectivity index (χ0v) is 9.26. The van der Waals surface area contributed by atoms with Crippen LogP contribution in [0, 0.1) is 18.6 Å². The maximum atomic E-state index is 13.4. The molecule has 0 spiro atoms. The molecule has 1 N–H and O–H groups in total. The van der Waals surface area contributed by atoms with Gasteiger partial charge in [0.2, 0.25) is 0 Å². The second kappa shape index (κ2) is 5.05. The van der Waals surface area contributed by atoms with Crippen LogP contribution in [0.1, 0.15) is 36.8 Å². The van der Waals surface area contributed by atoms with Gasteiger partial charge in [-0.15, -0.1) is 0 Å². The van der Waals surface area contributed by atoms with Crippen molar-refractivity contribution < 1.29 is 18.7 Å². The third-order valence-corrected chi connectivity index (χ3v) is 2.60. The molecule has 0 aliphatic heterocycles. The van der Waals surface area contributed by atoms with Crippen molar-refractivity contribution in [3.05, 3.63) is 34.9 Å². The lowest BCUT2D eigenvalue weighted by Gasteiger charge is -2.12. The maximum Gasteiger partial charge on any atom is 0.303 e. The lowest BCUT2D eigenvalue weighted by molar-refractivity contribution is -0.137. The van der Waals surface area contributed by atoms with E-state index in [-0.39, 0.29) is 12.3 Å². The molecule has 0 bridgehead atoms. The van der Waals surface area contributed by atoms with E-state index in [1.807, 2.05) is 0 Å². The molecule has 0 radical (unpaired) electrons. The minimum absolute atomic E-state index is 0.0168. The fraction of sp³-hybridized carbons (Fsp3) is 0.417. The molecule has 0 aliphatic carbocycles. The zero-order valence-electron chi connectivity index (χ0n) is 9.26. The Hall–Kier alpha value is -1.45. The number of aryl methyl sites for hydroxylation is 1. The maximum absolute atomic E-state index is 13.4. The molecule has 0 amide bonds. The molecule has 16 heavy (non-hydrogen) atoms. The van der Waals surface area contributed by atoms with E-state index in [1.54, 1.807) is 13.8 Å². The first-order chi connectivity index (χ1) is 7.41. The number of carbonyl (C=O) groups is 1. The number of aliphatic carboxylic acids is 1. The molecule has 2 nitrogen and oxygen atoms in total. The highest BCUT2D eigenvalue weighted by molar-refractivity contribution is 5.66. The standard InChI is InChI=1S/C12H14F2O2/c1-7(3-4-12(15)16)9-5-8(2)10(13)6-11(9)14/h5-7H,3-4H2,1-2H3,(H,15,16). The molecular formula is C12H14F2O2. The SMILES string of the molecule is Cc1cc(C(C)CCC(=O)O)c(F)cc1F. The Balaban J connectivity index is 2.86. The summed E-state index contributed by atoms with van der Waals surface area (Å²) in [6.45, 7) is 3.29. The number of rotatable bonds is 4. The lowest BCUT2D eigenvalue weighted by Crippen LogP contribution is -2.03. The van der Waals surface area contributed by atoms with Crippen LogP contribution in [0.15, 0.2) is 12.1 Å². The molecule has 0 aromatic heterocycles. The Morgan fingerprint density at radius 1 is 1.38 bits per heavy atom. The first-order valence-corrected chi connectivity index (χ1v) is 5.09. The van der Waals surface area contributed by atoms with E-state index in [2.05, 4.69) is 0 Å². The minimum Gasteiger partial charge on any atom is -0.481 e. The van der Waals surface area contributed by atoms with E-state index in [0.717, 1.165) is 6.07 Å². The Kier molecular flexibility index (Phi) is 3.99. The zero-order chi connectivity index (χ0) is 12.3. The van der Waals surface area contributed by atoms with E-state index in [0.29, 0.717) is 17.5 Å². The molecule has 1 unspecified atom stereocenters. The molecule has 1 rings (SSSR count). The first kappa shape index (κ1) is 12.6. The van der Waals surface area contributed by atoms with Gasteiger partial charge in [0.25, 0.3) is 0 Å². The summed E-state index contributed by atoms with van der Waals surface area (Å²) in [7, 11) is 0. The van der Waals surface area contributed by atoms with Crippen molar-refractivity contribution in [2.24, 2.45) is 0 Å². The van der Waals surface area contributed by atoms with Crippen LogP contribution in [-0.2, 0) is 4.79 Å². The summed E-state index contributed by atoms with van der Waals surface area (Å²) < 4.78 is 26.4. The average molecular weight is 228 g/mol. The summed E-state index contributed by atoms with van der Waals surface area (Å²) >= 11 is 0. The second-order valence-corrected chi connectivity index (χ2v) is 3.96. The smallest absolute Gasteiger partial charge is 0.303 e. The van der Waals surface area contributed by atoms with Gasteiger partial charge in [0, 0.05) is 12.5 Å². The van der Waals surface area contributed by atoms with Crippen molar-refractivity contribution in [1.29, 1.82) is 0 Å². The third-order valence-electron chi connectivity index (χ3n) is 2.60. The quantitative estimate of drug-likeness (QED) is 0.858. The highest BCUT2D eigenvalue weighted by atomic mass is 19.1. The molecule has 0 heterocycles. The van der Waals surface area contributed by atoms with Crippen molar-refractivity contribution in [1.82, 2.24) is 0 Å². The first-order valence-electron chi connectivity index (χ1n) is 5.09. The van der Waals surface area contributed by atoms with Crippen molar-refractivity contribution in [3.63, 3.8) is 0 Å². The van der Waals surface area contributed by atoms with Gasteiger partial charge in [0.1, 0.15) is 11.6 Å². The number of hydrogen-bond acceptors (Lipinski definition) is 1. The van der Waals surface area contributed by atoms with E-state index in [1.165, 1.54) is 6.07 Å². The summed E-state index contributed by atoms with van der Waals surface area (Å²) in [5.74, 6) is -2.32. The third kappa shape index (κ3) is 3.02. The summed E-state index contributed by atoms with van der Waals surface area (Å²) in [5, 5.41) is 8.52. The monoisotopic (exact) mass is 228 g/mol. The Morgan fingerprint density at radius 3 is 2.56 bits per heavy atom. The normalized spacial score (nSPS) is 12.5. The van der Waals surface area contributed by atoms with Crippen LogP contribution in [0.2, 0.25) is 0 Å². The van der Waals surface area contributed by atoms with Crippen molar-refractivity contribution >= 4 is 5.97 Å². The molecule has 88 valence electrons. The number of halogens is 2. The molecule has 0 saturated heterocycles. The number of carboxylic acid groups (broad SMARTS) is 1. The van der Waals surface area contributed by atoms with E-state index >= 15 is 0 Å². The predicted octanol–water partition coefficient (Wildman–Crippen LogP) is 3.24. The van der Waals surface area contributed by atoms with Gasteiger partial charge in [-0.3, -0.25) is 4.79 Å². The number of carboxylic acids is 1. The molecule has 1 aromatic carbocycles. The summed E-state index contributed by atoms with van der Waals surface area (Å²) in [5.41, 5.74) is 0.749. The van der Waals surface area contributed by atoms with Gasteiger partial charge in [-0.25, -0.2) is 8.78 Å². The van der Waals surface area contributed by atoms with Crippen LogP contribution in [0.25, 0.3) is 0 Å². The van der Waals surface area contributed by atoms with Crippen LogP contribution in [0.4, 0.5) is 8.78 Å². The van der Waals surface area contributed by atoms with Gasteiger partial charge < -0.3 is 5.11 Å². The lowest BCUT2D eigenvalue weighted by atomic mass is 9.94. The van der Waals surface area contributed by atoms with Crippen LogP contribution in [0.3, 0.4) is 0 Å². The van der Waals surface area contributed by atoms with Crippen LogP contribution in [-0.4, -0.2) is 11.1 Å². The fourth-order valence-corrected chi connectivity index (χ4v) is 1.55. The average Bonchev–Trinajstić information content (AvgIpc) is 2.20. The van der Waals surface area contributed by atoms with E-state index in [4.69, 9.17) is 5.11 Å². The van der Waals surface area contributed by atoms with E-state index < -0.39 is 17.6 Å². The van der Waals surface area contributed by atoms with Gasteiger partial charge in [0.05, 0.1) is 0 Å². The van der Waals surface area contributed by atoms with Crippen molar-refractivity contribution in [2.45, 2.75) is 32.6 Å². The molecule has 1 aromatic rings. The fourth-order valence-electron chi connectivity index (χ4n) is 1.55. The topological polar surface area (TPSA) is 37.3 Å². The van der Waals surface area contributed by atoms with Crippen LogP contribution in [0.5, 0.6) is 0 Å². The largest absolute Gasteiger partial charge is 0.481 e. The van der Waals surface area contributed by atoms with E-state index in [9.17, 15) is 13.6 Å². The highest BCUT2D eigenvalue weighted by Gasteiger charge is 2.14. The minimum atomic E-state index is -0.911. The van der Waals surface area contributed by atoms with Gasteiger partial charge in [-0.05, 0) is 36.5 Å². The summed E-state index contributed by atoms with van der Waals surface area (Å²) in [4.78, 5) is 10.4. The summed E-state index contributed by atoms with van der Waals surface area (Å²) in [6.07, 6.45) is 0.328. The Morgan fingerprint density at radius 2 is 2.00 bits per heavy atom. The molecule has 0 saturated carbocycles. The second-order valence-electron chi connectivity index (χ2n) is 3.96. The Bertz CT molecular complexity index is 402. The van der Waals surface area contributed by atoms with Gasteiger partial charge in [-0.1, -0.05) is 6.92 Å². The molecule has 0 fully saturated rings. The van der Waals surface area contributed by atoms with Crippen molar-refractivity contribution in [3.8, 4) is 0 Å². The highest BCUT2D eigenvalue weighted by Crippen LogP contribution is 2.25. The summed E-state index contributed by atoms with van der Waals surface area (Å²) in [6, 6.07) is 2.29. The molecule has 1 atom stereocenters. The van der Waals surface area contributed by atoms with Gasteiger partial charge in [0.15, 0.2) is 0 Å². The van der Waals surface area contributed by atoms with Crippen LogP contribution >= 0.6 is 0 Å². The predicted molar refractivity (Wildman–Crippen MR) is 56.4 cm³/mol. The molecule has 0 aliphatic rings. The van der Waals surface area contributed by atoms with Gasteiger partial charge >= 0.3 is 5.97 Å². The van der Waals surface area contributed by atoms with Gasteiger partial charge in [-0.2, -0.15) is 0 Å². The molecular weight excluding hydrogens is 214 g/mol. The number of benzene rings is 1. The Labute approximate surface area is 92.9 Å². The van der Waals surface area contributed by atoms with Crippen LogP contribution < -0.4 is 0 Å². The number of hydrogen-bond donors (Lipinski definition) is 1.